The molecule has 0 unspecified atom stereocenters. The Morgan fingerprint density at radius 3 is 3.00 bits per heavy atom. The van der Waals surface area contributed by atoms with Crippen molar-refractivity contribution in [1.29, 1.82) is 0 Å². The van der Waals surface area contributed by atoms with Gasteiger partial charge in [-0.2, -0.15) is 11.3 Å². The number of rotatable bonds is 6. The number of fused-ring (bicyclic) bond motifs is 1. The molecule has 0 aliphatic carbocycles. The van der Waals surface area contributed by atoms with Gasteiger partial charge in [-0.1, -0.05) is 12.1 Å². The van der Waals surface area contributed by atoms with E-state index in [2.05, 4.69) is 25.9 Å². The summed E-state index contributed by atoms with van der Waals surface area (Å²) in [6.45, 7) is 1.43. The van der Waals surface area contributed by atoms with Gasteiger partial charge in [-0.3, -0.25) is 4.79 Å². The topological polar surface area (TPSA) is 59.8 Å². The van der Waals surface area contributed by atoms with Crippen molar-refractivity contribution in [2.45, 2.75) is 13.0 Å². The Kier molecular flexibility index (Phi) is 4.58. The minimum Gasteiger partial charge on any atom is -0.351 e. The average Bonchev–Trinajstić information content (AvgIpc) is 3.38. The van der Waals surface area contributed by atoms with E-state index in [1.165, 1.54) is 11.3 Å². The highest BCUT2D eigenvalue weighted by atomic mass is 32.1. The van der Waals surface area contributed by atoms with E-state index in [1.807, 2.05) is 46.7 Å². The second-order valence-corrected chi connectivity index (χ2v) is 7.22. The highest BCUT2D eigenvalue weighted by Crippen LogP contribution is 2.25. The van der Waals surface area contributed by atoms with Crippen molar-refractivity contribution in [2.75, 3.05) is 6.54 Å². The number of thiophene rings is 1. The predicted octanol–water partition coefficient (Wildman–Crippen LogP) is 4.04. The van der Waals surface area contributed by atoms with E-state index >= 15 is 0 Å². The normalized spacial score (nSPS) is 11.0. The summed E-state index contributed by atoms with van der Waals surface area (Å²) in [7, 11) is 0. The van der Waals surface area contributed by atoms with Gasteiger partial charge in [-0.15, -0.1) is 11.3 Å². The first-order valence-electron chi connectivity index (χ1n) is 7.97. The van der Waals surface area contributed by atoms with Gasteiger partial charge in [-0.25, -0.2) is 9.97 Å². The molecule has 0 atom stereocenters. The largest absolute Gasteiger partial charge is 0.351 e. The molecule has 3 heterocycles. The molecule has 0 spiro atoms. The highest BCUT2D eigenvalue weighted by molar-refractivity contribution is 7.14. The van der Waals surface area contributed by atoms with Crippen LogP contribution in [0.1, 0.15) is 16.9 Å². The van der Waals surface area contributed by atoms with Gasteiger partial charge < -0.3 is 9.88 Å². The average molecular weight is 368 g/mol. The molecule has 0 bridgehead atoms. The smallest absolute Gasteiger partial charge is 0.270 e. The van der Waals surface area contributed by atoms with Crippen molar-refractivity contribution < 1.29 is 4.79 Å². The molecule has 25 heavy (non-hydrogen) atoms. The van der Waals surface area contributed by atoms with Gasteiger partial charge in [0.25, 0.3) is 5.91 Å². The van der Waals surface area contributed by atoms with E-state index in [4.69, 9.17) is 0 Å². The quantitative estimate of drug-likeness (QED) is 0.523. The number of hydrogen-bond acceptors (Lipinski definition) is 5. The molecule has 0 aliphatic heterocycles. The first-order chi connectivity index (χ1) is 12.3. The molecule has 0 saturated heterocycles. The summed E-state index contributed by atoms with van der Waals surface area (Å²) in [5, 5.41) is 9.69. The Labute approximate surface area is 153 Å². The van der Waals surface area contributed by atoms with Crippen molar-refractivity contribution in [3.63, 3.8) is 0 Å². The molecule has 1 amide bonds. The SMILES string of the molecule is O=C(NCCCn1cnc2ccccc21)c1csc(-c2ccsc2)n1. The zero-order valence-electron chi connectivity index (χ0n) is 13.4. The minimum atomic E-state index is -0.117. The lowest BCUT2D eigenvalue weighted by atomic mass is 10.3. The van der Waals surface area contributed by atoms with Crippen molar-refractivity contribution in [3.05, 3.63) is 58.5 Å². The van der Waals surface area contributed by atoms with E-state index in [9.17, 15) is 4.79 Å². The molecule has 0 radical (unpaired) electrons. The fourth-order valence-corrected chi connectivity index (χ4v) is 4.14. The van der Waals surface area contributed by atoms with Crippen molar-refractivity contribution in [1.82, 2.24) is 19.9 Å². The first-order valence-corrected chi connectivity index (χ1v) is 9.80. The Hall–Kier alpha value is -2.51. The summed E-state index contributed by atoms with van der Waals surface area (Å²) in [5.74, 6) is -0.117. The monoisotopic (exact) mass is 368 g/mol. The van der Waals surface area contributed by atoms with Gasteiger partial charge >= 0.3 is 0 Å². The van der Waals surface area contributed by atoms with Gasteiger partial charge in [-0.05, 0) is 30.0 Å². The fraction of sp³-hybridized carbons (Fsp3) is 0.167. The molecule has 0 saturated carbocycles. The summed E-state index contributed by atoms with van der Waals surface area (Å²) in [6.07, 6.45) is 2.69. The van der Waals surface area contributed by atoms with E-state index in [0.29, 0.717) is 12.2 Å². The maximum absolute atomic E-state index is 12.2. The van der Waals surface area contributed by atoms with Crippen LogP contribution in [-0.2, 0) is 6.54 Å². The molecular formula is C18H16N4OS2. The number of thiazole rings is 1. The van der Waals surface area contributed by atoms with Crippen molar-refractivity contribution >= 4 is 39.6 Å². The highest BCUT2D eigenvalue weighted by Gasteiger charge is 2.11. The number of nitrogens with zero attached hydrogens (tertiary/aromatic N) is 3. The zero-order chi connectivity index (χ0) is 17.1. The van der Waals surface area contributed by atoms with Gasteiger partial charge in [0, 0.05) is 29.4 Å². The predicted molar refractivity (Wildman–Crippen MR) is 102 cm³/mol. The number of amides is 1. The van der Waals surface area contributed by atoms with E-state index in [-0.39, 0.29) is 5.91 Å². The van der Waals surface area contributed by atoms with E-state index in [1.54, 1.807) is 11.3 Å². The molecule has 126 valence electrons. The van der Waals surface area contributed by atoms with Crippen LogP contribution in [0.4, 0.5) is 0 Å². The second-order valence-electron chi connectivity index (χ2n) is 5.59. The van der Waals surface area contributed by atoms with Gasteiger partial charge in [0.15, 0.2) is 0 Å². The van der Waals surface area contributed by atoms with Crippen LogP contribution in [-0.4, -0.2) is 27.0 Å². The van der Waals surface area contributed by atoms with Crippen LogP contribution in [0, 0.1) is 0 Å². The van der Waals surface area contributed by atoms with Crippen LogP contribution >= 0.6 is 22.7 Å². The number of nitrogens with one attached hydrogen (secondary N) is 1. The molecular weight excluding hydrogens is 352 g/mol. The summed E-state index contributed by atoms with van der Waals surface area (Å²) in [5.41, 5.74) is 3.67. The van der Waals surface area contributed by atoms with Gasteiger partial charge in [0.05, 0.1) is 17.4 Å². The molecule has 7 heteroatoms. The van der Waals surface area contributed by atoms with Crippen LogP contribution in [0.5, 0.6) is 0 Å². The number of para-hydroxylation sites is 2. The molecule has 0 aliphatic rings. The lowest BCUT2D eigenvalue weighted by Crippen LogP contribution is -2.25. The second kappa shape index (κ2) is 7.16. The Morgan fingerprint density at radius 1 is 1.20 bits per heavy atom. The molecule has 4 aromatic rings. The minimum absolute atomic E-state index is 0.117. The molecule has 3 aromatic heterocycles. The number of imidazole rings is 1. The Morgan fingerprint density at radius 2 is 2.12 bits per heavy atom. The first kappa shape index (κ1) is 16.0. The standard InChI is InChI=1S/C18H16N4OS2/c23-17(15-11-25-18(21-15)13-6-9-24-10-13)19-7-3-8-22-12-20-14-4-1-2-5-16(14)22/h1-2,4-6,9-12H,3,7-8H2,(H,19,23). The maximum atomic E-state index is 12.2. The summed E-state index contributed by atoms with van der Waals surface area (Å²) in [6, 6.07) is 10.1. The van der Waals surface area contributed by atoms with Crippen molar-refractivity contribution in [3.8, 4) is 10.6 Å². The Balaban J connectivity index is 1.30. The third-order valence-electron chi connectivity index (χ3n) is 3.89. The third kappa shape index (κ3) is 3.47. The molecule has 0 fully saturated rings. The maximum Gasteiger partial charge on any atom is 0.270 e. The van der Waals surface area contributed by atoms with Crippen LogP contribution in [0.25, 0.3) is 21.6 Å². The number of carbonyl (C=O) groups excluding carboxylic acids is 1. The van der Waals surface area contributed by atoms with Crippen molar-refractivity contribution in [2.24, 2.45) is 0 Å². The van der Waals surface area contributed by atoms with Crippen LogP contribution in [0.3, 0.4) is 0 Å². The van der Waals surface area contributed by atoms with E-state index < -0.39 is 0 Å². The lowest BCUT2D eigenvalue weighted by molar-refractivity contribution is 0.0948. The van der Waals surface area contributed by atoms with Gasteiger partial charge in [0.2, 0.25) is 0 Å². The number of hydrogen-bond donors (Lipinski definition) is 1. The fourth-order valence-electron chi connectivity index (χ4n) is 2.63. The summed E-state index contributed by atoms with van der Waals surface area (Å²) >= 11 is 3.12. The number of aryl methyl sites for hydroxylation is 1. The van der Waals surface area contributed by atoms with Gasteiger partial charge in [0.1, 0.15) is 10.7 Å². The molecule has 5 nitrogen and oxygen atoms in total. The molecule has 1 N–H and O–H groups in total. The zero-order valence-corrected chi connectivity index (χ0v) is 15.0. The lowest BCUT2D eigenvalue weighted by Gasteiger charge is -2.05. The molecule has 1 aromatic carbocycles. The van der Waals surface area contributed by atoms with Crippen LogP contribution in [0.2, 0.25) is 0 Å². The van der Waals surface area contributed by atoms with E-state index in [0.717, 1.165) is 34.6 Å². The third-order valence-corrected chi connectivity index (χ3v) is 5.47. The number of carbonyl (C=O) groups is 1. The number of benzene rings is 1. The Bertz CT molecular complexity index is 988. The van der Waals surface area contributed by atoms with Crippen LogP contribution < -0.4 is 5.32 Å². The summed E-state index contributed by atoms with van der Waals surface area (Å²) < 4.78 is 2.11. The molecule has 4 rings (SSSR count). The number of aromatic nitrogens is 3. The summed E-state index contributed by atoms with van der Waals surface area (Å²) in [4.78, 5) is 21.0. The van der Waals surface area contributed by atoms with Crippen LogP contribution in [0.15, 0.2) is 52.8 Å².